The number of hydrogen-bond acceptors (Lipinski definition) is 3. The first-order valence-corrected chi connectivity index (χ1v) is 5.40. The second-order valence-electron chi connectivity index (χ2n) is 3.74. The first-order chi connectivity index (χ1) is 8.20. The summed E-state index contributed by atoms with van der Waals surface area (Å²) in [5.41, 5.74) is 0.768. The molecule has 0 bridgehead atoms. The predicted molar refractivity (Wildman–Crippen MR) is 64.7 cm³/mol. The average molecular weight is 231 g/mol. The third-order valence-electron chi connectivity index (χ3n) is 2.57. The highest BCUT2D eigenvalue weighted by Gasteiger charge is 2.21. The molecule has 2 rings (SSSR count). The van der Waals surface area contributed by atoms with Crippen LogP contribution >= 0.6 is 0 Å². The van der Waals surface area contributed by atoms with Crippen LogP contribution in [-0.2, 0) is 9.59 Å². The molecule has 0 saturated carbocycles. The van der Waals surface area contributed by atoms with E-state index in [9.17, 15) is 9.59 Å². The minimum atomic E-state index is -0.303. The molecule has 88 valence electrons. The van der Waals surface area contributed by atoms with Crippen molar-refractivity contribution in [1.82, 2.24) is 4.98 Å². The highest BCUT2D eigenvalue weighted by atomic mass is 16.2. The molecule has 0 aliphatic carbocycles. The highest BCUT2D eigenvalue weighted by molar-refractivity contribution is 5.98. The van der Waals surface area contributed by atoms with Gasteiger partial charge in [-0.05, 0) is 24.6 Å². The Morgan fingerprint density at radius 1 is 1.53 bits per heavy atom. The quantitative estimate of drug-likeness (QED) is 0.798. The van der Waals surface area contributed by atoms with Crippen LogP contribution in [0.2, 0.25) is 0 Å². The zero-order valence-corrected chi connectivity index (χ0v) is 9.35. The van der Waals surface area contributed by atoms with Gasteiger partial charge in [-0.1, -0.05) is 6.58 Å². The van der Waals surface area contributed by atoms with Gasteiger partial charge in [0.05, 0.1) is 11.9 Å². The predicted octanol–water partition coefficient (Wildman–Crippen LogP) is 1.33. The molecule has 1 aromatic rings. The number of carbonyl (C=O) groups excluding carboxylic acids is 2. The van der Waals surface area contributed by atoms with E-state index >= 15 is 0 Å². The van der Waals surface area contributed by atoms with Crippen molar-refractivity contribution in [3.05, 3.63) is 31.0 Å². The summed E-state index contributed by atoms with van der Waals surface area (Å²) in [6.07, 6.45) is 4.24. The Bertz CT molecular complexity index is 453. The Morgan fingerprint density at radius 3 is 2.88 bits per heavy atom. The summed E-state index contributed by atoms with van der Waals surface area (Å²) in [4.78, 5) is 28.3. The number of rotatable bonds is 3. The van der Waals surface area contributed by atoms with Crippen molar-refractivity contribution in [2.45, 2.75) is 12.8 Å². The van der Waals surface area contributed by atoms with E-state index in [4.69, 9.17) is 0 Å². The number of aromatic nitrogens is 1. The molecule has 1 N–H and O–H groups in total. The monoisotopic (exact) mass is 231 g/mol. The van der Waals surface area contributed by atoms with Gasteiger partial charge in [-0.15, -0.1) is 0 Å². The molecule has 0 aromatic carbocycles. The van der Waals surface area contributed by atoms with Crippen LogP contribution in [0.4, 0.5) is 11.5 Å². The molecule has 0 radical (unpaired) electrons. The first kappa shape index (κ1) is 11.3. The SMILES string of the molecule is C=CC(=O)Nc1ccc(N2CCCC2=O)cn1. The van der Waals surface area contributed by atoms with Crippen molar-refractivity contribution < 1.29 is 9.59 Å². The Balaban J connectivity index is 2.10. The minimum absolute atomic E-state index is 0.120. The summed E-state index contributed by atoms with van der Waals surface area (Å²) in [6.45, 7) is 4.09. The molecule has 0 spiro atoms. The second kappa shape index (κ2) is 4.78. The normalized spacial score (nSPS) is 14.8. The maximum atomic E-state index is 11.5. The number of carbonyl (C=O) groups is 2. The van der Waals surface area contributed by atoms with Crippen molar-refractivity contribution in [3.8, 4) is 0 Å². The number of anilines is 2. The van der Waals surface area contributed by atoms with E-state index in [1.807, 2.05) is 0 Å². The van der Waals surface area contributed by atoms with Gasteiger partial charge in [0.2, 0.25) is 11.8 Å². The molecule has 1 saturated heterocycles. The van der Waals surface area contributed by atoms with E-state index in [-0.39, 0.29) is 11.8 Å². The van der Waals surface area contributed by atoms with E-state index in [1.54, 1.807) is 23.2 Å². The van der Waals surface area contributed by atoms with Crippen molar-refractivity contribution in [2.75, 3.05) is 16.8 Å². The maximum absolute atomic E-state index is 11.5. The first-order valence-electron chi connectivity index (χ1n) is 5.40. The van der Waals surface area contributed by atoms with Crippen LogP contribution in [-0.4, -0.2) is 23.3 Å². The second-order valence-corrected chi connectivity index (χ2v) is 3.74. The van der Waals surface area contributed by atoms with Crippen LogP contribution in [0.1, 0.15) is 12.8 Å². The summed E-state index contributed by atoms with van der Waals surface area (Å²) in [5, 5.41) is 2.55. The maximum Gasteiger partial charge on any atom is 0.248 e. The third kappa shape index (κ3) is 2.50. The van der Waals surface area contributed by atoms with Crippen molar-refractivity contribution in [3.63, 3.8) is 0 Å². The lowest BCUT2D eigenvalue weighted by Crippen LogP contribution is -2.23. The van der Waals surface area contributed by atoms with Crippen LogP contribution < -0.4 is 10.2 Å². The molecule has 17 heavy (non-hydrogen) atoms. The van der Waals surface area contributed by atoms with Gasteiger partial charge < -0.3 is 10.2 Å². The van der Waals surface area contributed by atoms with Crippen molar-refractivity contribution >= 4 is 23.3 Å². The molecule has 5 heteroatoms. The van der Waals surface area contributed by atoms with Gasteiger partial charge in [-0.2, -0.15) is 0 Å². The fourth-order valence-corrected chi connectivity index (χ4v) is 1.72. The number of nitrogens with one attached hydrogen (secondary N) is 1. The standard InChI is InChI=1S/C12H13N3O2/c1-2-11(16)14-10-6-5-9(8-13-10)15-7-3-4-12(15)17/h2,5-6,8H,1,3-4,7H2,(H,13,14,16). The van der Waals surface area contributed by atoms with Crippen molar-refractivity contribution in [1.29, 1.82) is 0 Å². The lowest BCUT2D eigenvalue weighted by Gasteiger charge is -2.15. The molecule has 1 aliphatic heterocycles. The topological polar surface area (TPSA) is 62.3 Å². The molecule has 2 amide bonds. The van der Waals surface area contributed by atoms with E-state index in [0.29, 0.717) is 12.2 Å². The van der Waals surface area contributed by atoms with Gasteiger partial charge in [0.25, 0.3) is 0 Å². The summed E-state index contributed by atoms with van der Waals surface area (Å²) >= 11 is 0. The molecular formula is C12H13N3O2. The molecule has 5 nitrogen and oxygen atoms in total. The Morgan fingerprint density at radius 2 is 2.35 bits per heavy atom. The highest BCUT2D eigenvalue weighted by Crippen LogP contribution is 2.21. The lowest BCUT2D eigenvalue weighted by molar-refractivity contribution is -0.117. The van der Waals surface area contributed by atoms with Gasteiger partial charge in [0, 0.05) is 13.0 Å². The van der Waals surface area contributed by atoms with Crippen molar-refractivity contribution in [2.24, 2.45) is 0 Å². The van der Waals surface area contributed by atoms with Crippen LogP contribution in [0.5, 0.6) is 0 Å². The van der Waals surface area contributed by atoms with E-state index in [2.05, 4.69) is 16.9 Å². The molecule has 0 unspecified atom stereocenters. The van der Waals surface area contributed by atoms with Crippen LogP contribution in [0.3, 0.4) is 0 Å². The number of amides is 2. The Labute approximate surface area is 99.1 Å². The number of nitrogens with zero attached hydrogens (tertiary/aromatic N) is 2. The summed E-state index contributed by atoms with van der Waals surface area (Å²) in [5.74, 6) is 0.266. The van der Waals surface area contributed by atoms with Crippen LogP contribution in [0, 0.1) is 0 Å². The molecular weight excluding hydrogens is 218 g/mol. The van der Waals surface area contributed by atoms with Gasteiger partial charge in [-0.25, -0.2) is 4.98 Å². The van der Waals surface area contributed by atoms with E-state index < -0.39 is 0 Å². The average Bonchev–Trinajstić information content (AvgIpc) is 2.76. The molecule has 1 aliphatic rings. The fraction of sp³-hybridized carbons (Fsp3) is 0.250. The fourth-order valence-electron chi connectivity index (χ4n) is 1.72. The number of hydrogen-bond donors (Lipinski definition) is 1. The van der Waals surface area contributed by atoms with Gasteiger partial charge in [-0.3, -0.25) is 9.59 Å². The minimum Gasteiger partial charge on any atom is -0.311 e. The molecule has 1 aromatic heterocycles. The van der Waals surface area contributed by atoms with Crippen LogP contribution in [0.15, 0.2) is 31.0 Å². The summed E-state index contributed by atoms with van der Waals surface area (Å²) in [7, 11) is 0. The molecule has 2 heterocycles. The summed E-state index contributed by atoms with van der Waals surface area (Å²) in [6, 6.07) is 3.44. The van der Waals surface area contributed by atoms with Crippen LogP contribution in [0.25, 0.3) is 0 Å². The lowest BCUT2D eigenvalue weighted by atomic mass is 10.3. The zero-order valence-electron chi connectivity index (χ0n) is 9.35. The van der Waals surface area contributed by atoms with E-state index in [1.165, 1.54) is 6.08 Å². The molecule has 1 fully saturated rings. The zero-order chi connectivity index (χ0) is 12.3. The van der Waals surface area contributed by atoms with Gasteiger partial charge in [0.15, 0.2) is 0 Å². The Hall–Kier alpha value is -2.17. The largest absolute Gasteiger partial charge is 0.311 e. The summed E-state index contributed by atoms with van der Waals surface area (Å²) < 4.78 is 0. The molecule has 0 atom stereocenters. The third-order valence-corrected chi connectivity index (χ3v) is 2.57. The van der Waals surface area contributed by atoms with Gasteiger partial charge >= 0.3 is 0 Å². The van der Waals surface area contributed by atoms with E-state index in [0.717, 1.165) is 18.7 Å². The van der Waals surface area contributed by atoms with Gasteiger partial charge in [0.1, 0.15) is 5.82 Å². The Kier molecular flexibility index (Phi) is 3.18. The smallest absolute Gasteiger partial charge is 0.248 e. The number of pyridine rings is 1.